The summed E-state index contributed by atoms with van der Waals surface area (Å²) in [5.41, 5.74) is 1.29. The van der Waals surface area contributed by atoms with Gasteiger partial charge in [0.05, 0.1) is 17.8 Å². The lowest BCUT2D eigenvalue weighted by molar-refractivity contribution is 0.101. The largest absolute Gasteiger partial charge is 0.486 e. The zero-order valence-electron chi connectivity index (χ0n) is 11.2. The molecule has 0 fully saturated rings. The van der Waals surface area contributed by atoms with E-state index in [0.717, 1.165) is 5.69 Å². The van der Waals surface area contributed by atoms with Crippen molar-refractivity contribution in [2.24, 2.45) is 0 Å². The summed E-state index contributed by atoms with van der Waals surface area (Å²) in [6.07, 6.45) is 0. The van der Waals surface area contributed by atoms with E-state index in [1.807, 2.05) is 12.1 Å². The summed E-state index contributed by atoms with van der Waals surface area (Å²) in [7, 11) is 1.56. The van der Waals surface area contributed by atoms with E-state index < -0.39 is 0 Å². The quantitative estimate of drug-likeness (QED) is 0.791. The van der Waals surface area contributed by atoms with Gasteiger partial charge < -0.3 is 9.47 Å². The second kappa shape index (κ2) is 6.39. The van der Waals surface area contributed by atoms with Gasteiger partial charge >= 0.3 is 0 Å². The van der Waals surface area contributed by atoms with Crippen molar-refractivity contribution < 1.29 is 14.3 Å². The first-order valence-corrected chi connectivity index (χ1v) is 6.41. The van der Waals surface area contributed by atoms with Crippen molar-refractivity contribution in [3.8, 4) is 11.6 Å². The number of pyridine rings is 1. The monoisotopic (exact) mass is 291 g/mol. The van der Waals surface area contributed by atoms with E-state index in [-0.39, 0.29) is 12.4 Å². The normalized spacial score (nSPS) is 10.2. The number of rotatable bonds is 5. The number of aromatic nitrogens is 1. The lowest BCUT2D eigenvalue weighted by Crippen LogP contribution is -2.00. The summed E-state index contributed by atoms with van der Waals surface area (Å²) in [6.45, 7) is 1.77. The van der Waals surface area contributed by atoms with Crippen LogP contribution in [0, 0.1) is 0 Å². The molecule has 4 nitrogen and oxygen atoms in total. The molecule has 0 atom stereocenters. The summed E-state index contributed by atoms with van der Waals surface area (Å²) < 4.78 is 10.6. The van der Waals surface area contributed by atoms with Crippen molar-refractivity contribution in [1.29, 1.82) is 0 Å². The first-order chi connectivity index (χ1) is 9.60. The fourth-order valence-corrected chi connectivity index (χ4v) is 1.88. The minimum Gasteiger partial charge on any atom is -0.486 e. The van der Waals surface area contributed by atoms with Crippen LogP contribution in [0.3, 0.4) is 0 Å². The molecule has 0 radical (unpaired) electrons. The van der Waals surface area contributed by atoms with E-state index in [1.165, 1.54) is 6.92 Å². The first kappa shape index (κ1) is 14.3. The molecule has 2 rings (SSSR count). The molecule has 104 valence electrons. The van der Waals surface area contributed by atoms with Crippen LogP contribution in [0.2, 0.25) is 5.02 Å². The van der Waals surface area contributed by atoms with Gasteiger partial charge in [-0.05, 0) is 31.2 Å². The zero-order chi connectivity index (χ0) is 14.5. The van der Waals surface area contributed by atoms with Gasteiger partial charge in [0.1, 0.15) is 12.4 Å². The summed E-state index contributed by atoms with van der Waals surface area (Å²) in [5, 5.41) is 0.403. The Labute approximate surface area is 122 Å². The lowest BCUT2D eigenvalue weighted by atomic mass is 10.1. The number of benzene rings is 1. The van der Waals surface area contributed by atoms with Gasteiger partial charge in [-0.1, -0.05) is 17.7 Å². The topological polar surface area (TPSA) is 48.4 Å². The molecule has 5 heteroatoms. The highest BCUT2D eigenvalue weighted by atomic mass is 35.5. The van der Waals surface area contributed by atoms with Crippen molar-refractivity contribution in [3.05, 3.63) is 52.7 Å². The SMILES string of the molecule is COc1cccc(COc2ccc(C(C)=O)cc2Cl)n1. The van der Waals surface area contributed by atoms with Crippen LogP contribution in [-0.2, 0) is 6.61 Å². The molecule has 0 amide bonds. The predicted octanol–water partition coefficient (Wildman–Crippen LogP) is 3.53. The number of hydrogen-bond acceptors (Lipinski definition) is 4. The molecule has 1 aromatic carbocycles. The highest BCUT2D eigenvalue weighted by molar-refractivity contribution is 6.32. The van der Waals surface area contributed by atoms with Crippen LogP contribution in [0.5, 0.6) is 11.6 Å². The van der Waals surface area contributed by atoms with Crippen molar-refractivity contribution >= 4 is 17.4 Å². The Kier molecular flexibility index (Phi) is 4.58. The standard InChI is InChI=1S/C15H14ClNO3/c1-10(18)11-6-7-14(13(16)8-11)20-9-12-4-3-5-15(17-12)19-2/h3-8H,9H2,1-2H3. The molecule has 0 unspecified atom stereocenters. The first-order valence-electron chi connectivity index (χ1n) is 6.03. The van der Waals surface area contributed by atoms with E-state index in [1.54, 1.807) is 31.4 Å². The molecular weight excluding hydrogens is 278 g/mol. The molecule has 1 heterocycles. The van der Waals surface area contributed by atoms with Crippen LogP contribution in [0.1, 0.15) is 23.0 Å². The van der Waals surface area contributed by atoms with Gasteiger partial charge in [-0.15, -0.1) is 0 Å². The van der Waals surface area contributed by atoms with Gasteiger partial charge in [0.15, 0.2) is 5.78 Å². The smallest absolute Gasteiger partial charge is 0.213 e. The van der Waals surface area contributed by atoms with Crippen LogP contribution >= 0.6 is 11.6 Å². The third-order valence-corrected chi connectivity index (χ3v) is 3.00. The zero-order valence-corrected chi connectivity index (χ0v) is 12.0. The molecule has 20 heavy (non-hydrogen) atoms. The maximum absolute atomic E-state index is 11.2. The van der Waals surface area contributed by atoms with E-state index in [0.29, 0.717) is 22.2 Å². The Morgan fingerprint density at radius 3 is 2.75 bits per heavy atom. The number of ether oxygens (including phenoxy) is 2. The molecule has 0 aliphatic rings. The third kappa shape index (κ3) is 3.48. The predicted molar refractivity (Wildman–Crippen MR) is 76.6 cm³/mol. The second-order valence-corrected chi connectivity index (χ2v) is 4.57. The number of halogens is 1. The van der Waals surface area contributed by atoms with Crippen molar-refractivity contribution in [3.63, 3.8) is 0 Å². The fourth-order valence-electron chi connectivity index (χ4n) is 1.64. The minimum atomic E-state index is -0.0343. The average Bonchev–Trinajstić information content (AvgIpc) is 2.46. The van der Waals surface area contributed by atoms with Gasteiger partial charge in [-0.3, -0.25) is 4.79 Å². The van der Waals surface area contributed by atoms with E-state index in [9.17, 15) is 4.79 Å². The molecule has 0 saturated heterocycles. The van der Waals surface area contributed by atoms with Crippen molar-refractivity contribution in [1.82, 2.24) is 4.98 Å². The highest BCUT2D eigenvalue weighted by Gasteiger charge is 2.07. The van der Waals surface area contributed by atoms with Crippen LogP contribution in [0.15, 0.2) is 36.4 Å². The number of methoxy groups -OCH3 is 1. The van der Waals surface area contributed by atoms with Gasteiger partial charge in [0.25, 0.3) is 0 Å². The van der Waals surface area contributed by atoms with Gasteiger partial charge in [0, 0.05) is 11.6 Å². The van der Waals surface area contributed by atoms with E-state index in [4.69, 9.17) is 21.1 Å². The van der Waals surface area contributed by atoms with Gasteiger partial charge in [-0.25, -0.2) is 4.98 Å². The van der Waals surface area contributed by atoms with E-state index in [2.05, 4.69) is 4.98 Å². The molecular formula is C15H14ClNO3. The van der Waals surface area contributed by atoms with Crippen LogP contribution in [0.25, 0.3) is 0 Å². The Morgan fingerprint density at radius 2 is 2.10 bits per heavy atom. The number of hydrogen-bond donors (Lipinski definition) is 0. The maximum atomic E-state index is 11.2. The van der Waals surface area contributed by atoms with Crippen molar-refractivity contribution in [2.45, 2.75) is 13.5 Å². The van der Waals surface area contributed by atoms with Crippen LogP contribution < -0.4 is 9.47 Å². The average molecular weight is 292 g/mol. The molecule has 0 saturated carbocycles. The molecule has 1 aromatic heterocycles. The second-order valence-electron chi connectivity index (χ2n) is 4.16. The Balaban J connectivity index is 2.08. The summed E-state index contributed by atoms with van der Waals surface area (Å²) in [6, 6.07) is 10.4. The summed E-state index contributed by atoms with van der Waals surface area (Å²) in [4.78, 5) is 15.5. The number of ketones is 1. The number of Topliss-reactive ketones (excluding diaryl/α,β-unsaturated/α-hetero) is 1. The minimum absolute atomic E-state index is 0.0343. The fraction of sp³-hybridized carbons (Fsp3) is 0.200. The maximum Gasteiger partial charge on any atom is 0.213 e. The number of nitrogens with zero attached hydrogens (tertiary/aromatic N) is 1. The summed E-state index contributed by atoms with van der Waals surface area (Å²) in [5.74, 6) is 1.01. The molecule has 0 spiro atoms. The molecule has 0 aliphatic heterocycles. The van der Waals surface area contributed by atoms with Crippen LogP contribution in [0.4, 0.5) is 0 Å². The van der Waals surface area contributed by atoms with Crippen LogP contribution in [-0.4, -0.2) is 17.9 Å². The summed E-state index contributed by atoms with van der Waals surface area (Å²) >= 11 is 6.08. The molecule has 0 aliphatic carbocycles. The Bertz CT molecular complexity index is 628. The number of carbonyl (C=O) groups excluding carboxylic acids is 1. The van der Waals surface area contributed by atoms with Crippen molar-refractivity contribution in [2.75, 3.05) is 7.11 Å². The molecule has 0 bridgehead atoms. The number of carbonyl (C=O) groups is 1. The van der Waals surface area contributed by atoms with E-state index >= 15 is 0 Å². The highest BCUT2D eigenvalue weighted by Crippen LogP contribution is 2.26. The molecule has 2 aromatic rings. The van der Waals surface area contributed by atoms with Gasteiger partial charge in [0.2, 0.25) is 5.88 Å². The lowest BCUT2D eigenvalue weighted by Gasteiger charge is -2.09. The third-order valence-electron chi connectivity index (χ3n) is 2.70. The Morgan fingerprint density at radius 1 is 1.30 bits per heavy atom. The van der Waals surface area contributed by atoms with Gasteiger partial charge in [-0.2, -0.15) is 0 Å². The molecule has 0 N–H and O–H groups in total. The Hall–Kier alpha value is -2.07.